The maximum Gasteiger partial charge on any atom is 0.337 e. The summed E-state index contributed by atoms with van der Waals surface area (Å²) >= 11 is 0. The number of nitrogens with zero attached hydrogens (tertiary/aromatic N) is 1. The summed E-state index contributed by atoms with van der Waals surface area (Å²) < 4.78 is 5.78. The van der Waals surface area contributed by atoms with Gasteiger partial charge in [0, 0.05) is 17.6 Å². The highest BCUT2D eigenvalue weighted by Crippen LogP contribution is 2.21. The van der Waals surface area contributed by atoms with Gasteiger partial charge >= 0.3 is 5.97 Å². The third-order valence-corrected chi connectivity index (χ3v) is 3.39. The first kappa shape index (κ1) is 14.1. The first-order chi connectivity index (χ1) is 10.6. The fraction of sp³-hybridized carbons (Fsp3) is 0.111. The zero-order valence-corrected chi connectivity index (χ0v) is 12.1. The van der Waals surface area contributed by atoms with Crippen LogP contribution in [0.1, 0.15) is 21.5 Å². The van der Waals surface area contributed by atoms with E-state index in [0.717, 1.165) is 10.9 Å². The van der Waals surface area contributed by atoms with Crippen molar-refractivity contribution in [1.29, 1.82) is 0 Å². The van der Waals surface area contributed by atoms with Crippen molar-refractivity contribution < 1.29 is 14.6 Å². The standard InChI is InChI=1S/C18H15NO3/c1-12-3-2-4-13(7-12)11-22-16-6-5-14-8-15(18(20)21)10-19-17(14)9-16/h2-10H,11H2,1H3,(H,20,21). The molecule has 4 nitrogen and oxygen atoms in total. The zero-order chi connectivity index (χ0) is 15.5. The van der Waals surface area contributed by atoms with Crippen molar-refractivity contribution in [3.63, 3.8) is 0 Å². The quantitative estimate of drug-likeness (QED) is 0.794. The van der Waals surface area contributed by atoms with Crippen LogP contribution in [0.5, 0.6) is 5.75 Å². The average molecular weight is 293 g/mol. The lowest BCUT2D eigenvalue weighted by molar-refractivity contribution is 0.0696. The van der Waals surface area contributed by atoms with E-state index < -0.39 is 5.97 Å². The molecule has 0 amide bonds. The summed E-state index contributed by atoms with van der Waals surface area (Å²) in [6.45, 7) is 2.53. The van der Waals surface area contributed by atoms with Crippen molar-refractivity contribution in [1.82, 2.24) is 4.98 Å². The molecule has 3 aromatic rings. The van der Waals surface area contributed by atoms with Crippen LogP contribution in [-0.4, -0.2) is 16.1 Å². The normalized spacial score (nSPS) is 10.6. The van der Waals surface area contributed by atoms with Crippen LogP contribution in [0.25, 0.3) is 10.9 Å². The second kappa shape index (κ2) is 5.85. The minimum Gasteiger partial charge on any atom is -0.489 e. The molecule has 0 fully saturated rings. The van der Waals surface area contributed by atoms with E-state index in [2.05, 4.69) is 11.1 Å². The fourth-order valence-electron chi connectivity index (χ4n) is 2.28. The largest absolute Gasteiger partial charge is 0.489 e. The monoisotopic (exact) mass is 293 g/mol. The van der Waals surface area contributed by atoms with Crippen molar-refractivity contribution in [2.75, 3.05) is 0 Å². The van der Waals surface area contributed by atoms with Gasteiger partial charge in [-0.2, -0.15) is 0 Å². The number of aromatic nitrogens is 1. The number of carboxylic acids is 1. The molecule has 0 unspecified atom stereocenters. The molecule has 0 aliphatic rings. The van der Waals surface area contributed by atoms with Crippen molar-refractivity contribution >= 4 is 16.9 Å². The first-order valence-corrected chi connectivity index (χ1v) is 6.93. The van der Waals surface area contributed by atoms with Gasteiger partial charge in [-0.15, -0.1) is 0 Å². The number of pyridine rings is 1. The van der Waals surface area contributed by atoms with Crippen LogP contribution in [0, 0.1) is 6.92 Å². The summed E-state index contributed by atoms with van der Waals surface area (Å²) in [4.78, 5) is 15.1. The lowest BCUT2D eigenvalue weighted by Crippen LogP contribution is -1.98. The smallest absolute Gasteiger partial charge is 0.337 e. The van der Waals surface area contributed by atoms with Gasteiger partial charge in [-0.1, -0.05) is 29.8 Å². The molecule has 3 rings (SSSR count). The molecule has 1 aromatic heterocycles. The predicted molar refractivity (Wildman–Crippen MR) is 84.2 cm³/mol. The van der Waals surface area contributed by atoms with Crippen LogP contribution >= 0.6 is 0 Å². The lowest BCUT2D eigenvalue weighted by Gasteiger charge is -2.08. The molecule has 0 saturated heterocycles. The molecule has 0 aliphatic carbocycles. The SMILES string of the molecule is Cc1cccc(COc2ccc3cc(C(=O)O)cnc3c2)c1. The molecule has 110 valence electrons. The number of ether oxygens (including phenoxy) is 1. The van der Waals surface area contributed by atoms with E-state index in [1.807, 2.05) is 43.3 Å². The van der Waals surface area contributed by atoms with E-state index in [4.69, 9.17) is 9.84 Å². The Morgan fingerprint density at radius 3 is 2.82 bits per heavy atom. The third-order valence-electron chi connectivity index (χ3n) is 3.39. The molecular weight excluding hydrogens is 278 g/mol. The second-order valence-electron chi connectivity index (χ2n) is 5.16. The molecule has 0 bridgehead atoms. The summed E-state index contributed by atoms with van der Waals surface area (Å²) in [6.07, 6.45) is 1.36. The summed E-state index contributed by atoms with van der Waals surface area (Å²) in [5, 5.41) is 9.75. The number of benzene rings is 2. The molecule has 1 N–H and O–H groups in total. The Bertz CT molecular complexity index is 843. The molecule has 0 aliphatic heterocycles. The van der Waals surface area contributed by atoms with Gasteiger partial charge in [-0.3, -0.25) is 4.98 Å². The Morgan fingerprint density at radius 2 is 2.05 bits per heavy atom. The van der Waals surface area contributed by atoms with Crippen molar-refractivity contribution in [2.45, 2.75) is 13.5 Å². The van der Waals surface area contributed by atoms with Gasteiger partial charge in [0.25, 0.3) is 0 Å². The number of rotatable bonds is 4. The molecule has 22 heavy (non-hydrogen) atoms. The summed E-state index contributed by atoms with van der Waals surface area (Å²) in [6, 6.07) is 15.2. The highest BCUT2D eigenvalue weighted by molar-refractivity contribution is 5.92. The van der Waals surface area contributed by atoms with Gasteiger partial charge < -0.3 is 9.84 Å². The van der Waals surface area contributed by atoms with E-state index in [9.17, 15) is 4.79 Å². The molecule has 1 heterocycles. The molecule has 0 saturated carbocycles. The second-order valence-corrected chi connectivity index (χ2v) is 5.16. The van der Waals surface area contributed by atoms with Gasteiger partial charge in [-0.25, -0.2) is 4.79 Å². The van der Waals surface area contributed by atoms with E-state index in [-0.39, 0.29) is 5.56 Å². The highest BCUT2D eigenvalue weighted by Gasteiger charge is 2.06. The Balaban J connectivity index is 1.80. The zero-order valence-electron chi connectivity index (χ0n) is 12.1. The van der Waals surface area contributed by atoms with Gasteiger partial charge in [0.15, 0.2) is 0 Å². The maximum atomic E-state index is 10.9. The van der Waals surface area contributed by atoms with Crippen LogP contribution < -0.4 is 4.74 Å². The number of hydrogen-bond acceptors (Lipinski definition) is 3. The van der Waals surface area contributed by atoms with Crippen molar-refractivity contribution in [3.05, 3.63) is 71.4 Å². The van der Waals surface area contributed by atoms with E-state index >= 15 is 0 Å². The highest BCUT2D eigenvalue weighted by atomic mass is 16.5. The number of carboxylic acid groups (broad SMARTS) is 1. The van der Waals surface area contributed by atoms with Crippen LogP contribution in [0.3, 0.4) is 0 Å². The Labute approximate surface area is 128 Å². The Kier molecular flexibility index (Phi) is 3.74. The Hall–Kier alpha value is -2.88. The average Bonchev–Trinajstić information content (AvgIpc) is 2.52. The van der Waals surface area contributed by atoms with Crippen LogP contribution in [-0.2, 0) is 6.61 Å². The van der Waals surface area contributed by atoms with E-state index in [1.54, 1.807) is 6.07 Å². The number of hydrogen-bond donors (Lipinski definition) is 1. The number of aromatic carboxylic acids is 1. The topological polar surface area (TPSA) is 59.4 Å². The summed E-state index contributed by atoms with van der Waals surface area (Å²) in [5.41, 5.74) is 3.20. The predicted octanol–water partition coefficient (Wildman–Crippen LogP) is 3.82. The van der Waals surface area contributed by atoms with Crippen molar-refractivity contribution in [2.24, 2.45) is 0 Å². The fourth-order valence-corrected chi connectivity index (χ4v) is 2.28. The molecule has 4 heteroatoms. The number of fused-ring (bicyclic) bond motifs is 1. The molecule has 0 spiro atoms. The van der Waals surface area contributed by atoms with Crippen LogP contribution in [0.15, 0.2) is 54.7 Å². The van der Waals surface area contributed by atoms with Crippen LogP contribution in [0.2, 0.25) is 0 Å². The minimum atomic E-state index is -0.978. The van der Waals surface area contributed by atoms with Gasteiger partial charge in [0.1, 0.15) is 12.4 Å². The molecular formula is C18H15NO3. The number of carbonyl (C=O) groups is 1. The molecule has 2 aromatic carbocycles. The van der Waals surface area contributed by atoms with Gasteiger partial charge in [0.2, 0.25) is 0 Å². The number of aryl methyl sites for hydroxylation is 1. The summed E-state index contributed by atoms with van der Waals surface area (Å²) in [7, 11) is 0. The van der Waals surface area contributed by atoms with Gasteiger partial charge in [0.05, 0.1) is 11.1 Å². The Morgan fingerprint density at radius 1 is 1.18 bits per heavy atom. The minimum absolute atomic E-state index is 0.181. The maximum absolute atomic E-state index is 10.9. The first-order valence-electron chi connectivity index (χ1n) is 6.93. The van der Waals surface area contributed by atoms with Gasteiger partial charge in [-0.05, 0) is 30.7 Å². The van der Waals surface area contributed by atoms with Crippen LogP contribution in [0.4, 0.5) is 0 Å². The molecule has 0 atom stereocenters. The van der Waals surface area contributed by atoms with E-state index in [1.165, 1.54) is 11.8 Å². The van der Waals surface area contributed by atoms with Crippen molar-refractivity contribution in [3.8, 4) is 5.75 Å². The van der Waals surface area contributed by atoms with E-state index in [0.29, 0.717) is 17.9 Å². The third kappa shape index (κ3) is 3.06. The molecule has 0 radical (unpaired) electrons. The summed E-state index contributed by atoms with van der Waals surface area (Å²) in [5.74, 6) is -0.265. The lowest BCUT2D eigenvalue weighted by atomic mass is 10.1.